The number of anilines is 1. The monoisotopic (exact) mass is 506 g/mol. The fraction of sp³-hybridized carbons (Fsp3) is 0.650. The number of hydrogen-bond donors (Lipinski definition) is 1. The second-order valence-electron chi connectivity index (χ2n) is 7.10. The maximum absolute atomic E-state index is 14.0. The van der Waals surface area contributed by atoms with Gasteiger partial charge in [0.05, 0.1) is 17.8 Å². The molecule has 2 aliphatic rings. The van der Waals surface area contributed by atoms with E-state index in [1.165, 1.54) is 6.07 Å². The Morgan fingerprint density at radius 2 is 1.89 bits per heavy atom. The summed E-state index contributed by atoms with van der Waals surface area (Å²) in [5.74, 6) is 0.752. The highest BCUT2D eigenvalue weighted by atomic mass is 127. The van der Waals surface area contributed by atoms with Crippen LogP contribution in [0.5, 0.6) is 0 Å². The molecular formula is C20H32FIN4O2. The summed E-state index contributed by atoms with van der Waals surface area (Å²) in [5.41, 5.74) is 0.452. The van der Waals surface area contributed by atoms with Gasteiger partial charge >= 0.3 is 0 Å². The number of hydrogen-bond acceptors (Lipinski definition) is 4. The Labute approximate surface area is 184 Å². The quantitative estimate of drug-likeness (QED) is 0.378. The molecule has 3 rings (SSSR count). The average Bonchev–Trinajstić information content (AvgIpc) is 2.72. The summed E-state index contributed by atoms with van der Waals surface area (Å²) >= 11 is 0. The number of methoxy groups -OCH3 is 1. The van der Waals surface area contributed by atoms with Crippen LogP contribution in [0, 0.1) is 5.82 Å². The molecule has 2 fully saturated rings. The van der Waals surface area contributed by atoms with E-state index in [2.05, 4.69) is 22.0 Å². The van der Waals surface area contributed by atoms with Crippen molar-refractivity contribution >= 4 is 35.6 Å². The van der Waals surface area contributed by atoms with Gasteiger partial charge in [0.1, 0.15) is 5.82 Å². The first-order chi connectivity index (χ1) is 13.2. The van der Waals surface area contributed by atoms with Gasteiger partial charge in [-0.25, -0.2) is 4.39 Å². The minimum Gasteiger partial charge on any atom is -0.381 e. The standard InChI is InChI=1S/C20H31FN4O2.HI/c1-3-22-19(23-16-20(26-2)8-14-27-15-9-20)25-12-10-24(11-13-25)18-7-5-4-6-17(18)21;/h4-7H,3,8-16H2,1-2H3,(H,22,23);1H. The lowest BCUT2D eigenvalue weighted by Crippen LogP contribution is -2.53. The zero-order chi connectivity index (χ0) is 19.1. The Morgan fingerprint density at radius 3 is 2.50 bits per heavy atom. The molecule has 1 aromatic carbocycles. The molecule has 2 heterocycles. The molecule has 0 atom stereocenters. The van der Waals surface area contributed by atoms with E-state index in [9.17, 15) is 4.39 Å². The van der Waals surface area contributed by atoms with E-state index >= 15 is 0 Å². The van der Waals surface area contributed by atoms with E-state index in [1.54, 1.807) is 13.2 Å². The minimum absolute atomic E-state index is 0. The van der Waals surface area contributed by atoms with Gasteiger partial charge in [-0.2, -0.15) is 0 Å². The molecule has 0 unspecified atom stereocenters. The first kappa shape index (κ1) is 23.2. The van der Waals surface area contributed by atoms with Crippen LogP contribution in [0.1, 0.15) is 19.8 Å². The molecule has 0 spiro atoms. The maximum Gasteiger partial charge on any atom is 0.194 e. The molecule has 0 aromatic heterocycles. The van der Waals surface area contributed by atoms with E-state index < -0.39 is 0 Å². The number of piperazine rings is 1. The van der Waals surface area contributed by atoms with E-state index in [-0.39, 0.29) is 35.4 Å². The zero-order valence-corrected chi connectivity index (χ0v) is 19.2. The van der Waals surface area contributed by atoms with Crippen molar-refractivity contribution in [1.82, 2.24) is 10.2 Å². The third-order valence-electron chi connectivity index (χ3n) is 5.46. The van der Waals surface area contributed by atoms with Crippen LogP contribution in [0.25, 0.3) is 0 Å². The van der Waals surface area contributed by atoms with Crippen LogP contribution in [0.4, 0.5) is 10.1 Å². The molecule has 0 bridgehead atoms. The maximum atomic E-state index is 14.0. The van der Waals surface area contributed by atoms with Crippen LogP contribution in [0.15, 0.2) is 29.3 Å². The van der Waals surface area contributed by atoms with Gasteiger partial charge in [-0.3, -0.25) is 4.99 Å². The summed E-state index contributed by atoms with van der Waals surface area (Å²) in [6.45, 7) is 8.13. The summed E-state index contributed by atoms with van der Waals surface area (Å²) < 4.78 is 25.3. The lowest BCUT2D eigenvalue weighted by Gasteiger charge is -2.39. The van der Waals surface area contributed by atoms with E-state index in [0.717, 1.165) is 64.7 Å². The molecular weight excluding hydrogens is 474 g/mol. The smallest absolute Gasteiger partial charge is 0.194 e. The molecule has 1 N–H and O–H groups in total. The predicted molar refractivity (Wildman–Crippen MR) is 121 cm³/mol. The van der Waals surface area contributed by atoms with Crippen LogP contribution >= 0.6 is 24.0 Å². The van der Waals surface area contributed by atoms with Gasteiger partial charge in [0, 0.05) is 65.9 Å². The largest absolute Gasteiger partial charge is 0.381 e. The lowest BCUT2D eigenvalue weighted by atomic mass is 9.94. The Balaban J connectivity index is 0.00000280. The number of halogens is 2. The molecule has 2 saturated heterocycles. The molecule has 1 aromatic rings. The van der Waals surface area contributed by atoms with Crippen molar-refractivity contribution in [3.63, 3.8) is 0 Å². The van der Waals surface area contributed by atoms with Crippen molar-refractivity contribution in [3.05, 3.63) is 30.1 Å². The van der Waals surface area contributed by atoms with Crippen molar-refractivity contribution in [2.24, 2.45) is 4.99 Å². The fourth-order valence-electron chi connectivity index (χ4n) is 3.68. The Kier molecular flexibility index (Phi) is 9.23. The number of para-hydroxylation sites is 1. The highest BCUT2D eigenvalue weighted by Gasteiger charge is 2.33. The Bertz CT molecular complexity index is 632. The van der Waals surface area contributed by atoms with Crippen LogP contribution < -0.4 is 10.2 Å². The number of aliphatic imine (C=N–C) groups is 1. The van der Waals surface area contributed by atoms with E-state index in [0.29, 0.717) is 12.2 Å². The summed E-state index contributed by atoms with van der Waals surface area (Å²) in [5, 5.41) is 3.40. The first-order valence-corrected chi connectivity index (χ1v) is 9.83. The third kappa shape index (κ3) is 5.70. The molecule has 28 heavy (non-hydrogen) atoms. The van der Waals surface area contributed by atoms with Gasteiger partial charge in [0.15, 0.2) is 5.96 Å². The van der Waals surface area contributed by atoms with Crippen molar-refractivity contribution in [1.29, 1.82) is 0 Å². The van der Waals surface area contributed by atoms with Crippen molar-refractivity contribution in [3.8, 4) is 0 Å². The number of rotatable bonds is 5. The van der Waals surface area contributed by atoms with Crippen LogP contribution in [-0.2, 0) is 9.47 Å². The number of guanidine groups is 1. The van der Waals surface area contributed by atoms with E-state index in [1.807, 2.05) is 12.1 Å². The predicted octanol–water partition coefficient (Wildman–Crippen LogP) is 2.73. The second kappa shape index (κ2) is 11.2. The third-order valence-corrected chi connectivity index (χ3v) is 5.46. The molecule has 8 heteroatoms. The second-order valence-corrected chi connectivity index (χ2v) is 7.10. The first-order valence-electron chi connectivity index (χ1n) is 9.83. The van der Waals surface area contributed by atoms with E-state index in [4.69, 9.17) is 14.5 Å². The summed E-state index contributed by atoms with van der Waals surface area (Å²) in [7, 11) is 1.76. The highest BCUT2D eigenvalue weighted by Crippen LogP contribution is 2.25. The number of nitrogens with zero attached hydrogens (tertiary/aromatic N) is 3. The lowest BCUT2D eigenvalue weighted by molar-refractivity contribution is -0.0829. The van der Waals surface area contributed by atoms with Gasteiger partial charge in [-0.05, 0) is 19.1 Å². The fourth-order valence-corrected chi connectivity index (χ4v) is 3.68. The molecule has 0 aliphatic carbocycles. The Morgan fingerprint density at radius 1 is 1.21 bits per heavy atom. The van der Waals surface area contributed by atoms with Crippen molar-refractivity contribution in [2.45, 2.75) is 25.4 Å². The highest BCUT2D eigenvalue weighted by molar-refractivity contribution is 14.0. The van der Waals surface area contributed by atoms with Crippen molar-refractivity contribution in [2.75, 3.05) is 64.5 Å². The molecule has 2 aliphatic heterocycles. The van der Waals surface area contributed by atoms with Gasteiger partial charge in [0.2, 0.25) is 0 Å². The normalized spacial score (nSPS) is 19.9. The van der Waals surface area contributed by atoms with Crippen LogP contribution in [0.3, 0.4) is 0 Å². The summed E-state index contributed by atoms with van der Waals surface area (Å²) in [6.07, 6.45) is 1.74. The molecule has 0 amide bonds. The van der Waals surface area contributed by atoms with Crippen molar-refractivity contribution < 1.29 is 13.9 Å². The molecule has 6 nitrogen and oxygen atoms in total. The topological polar surface area (TPSA) is 49.3 Å². The molecule has 0 saturated carbocycles. The molecule has 0 radical (unpaired) electrons. The number of nitrogens with one attached hydrogen (secondary N) is 1. The van der Waals surface area contributed by atoms with Gasteiger partial charge in [-0.15, -0.1) is 24.0 Å². The average molecular weight is 506 g/mol. The van der Waals surface area contributed by atoms with Gasteiger partial charge < -0.3 is 24.6 Å². The van der Waals surface area contributed by atoms with Gasteiger partial charge in [-0.1, -0.05) is 12.1 Å². The minimum atomic E-state index is -0.228. The number of ether oxygens (including phenoxy) is 2. The summed E-state index contributed by atoms with van der Waals surface area (Å²) in [4.78, 5) is 9.23. The Hall–Kier alpha value is -1.13. The van der Waals surface area contributed by atoms with Crippen LogP contribution in [0.2, 0.25) is 0 Å². The van der Waals surface area contributed by atoms with Crippen LogP contribution in [-0.4, -0.2) is 76.1 Å². The van der Waals surface area contributed by atoms with Gasteiger partial charge in [0.25, 0.3) is 0 Å². The molecule has 158 valence electrons. The number of benzene rings is 1. The SMILES string of the molecule is CCNC(=NCC1(OC)CCOCC1)N1CCN(c2ccccc2F)CC1.I. The summed E-state index contributed by atoms with van der Waals surface area (Å²) in [6, 6.07) is 6.98. The zero-order valence-electron chi connectivity index (χ0n) is 16.8.